The standard InChI is InChI=1S/C13H12ClN3O3S/c14-11-5-4-10(3-1-2-8-18)9-12(11)17-21(19,20)13-6-7-15-16-13/h4-7,9,17-18H,2,8H2,(H,15,16). The molecule has 0 unspecified atom stereocenters. The van der Waals surface area contributed by atoms with Gasteiger partial charge in [0.25, 0.3) is 10.0 Å². The average molecular weight is 326 g/mol. The van der Waals surface area contributed by atoms with Crippen LogP contribution in [0.1, 0.15) is 12.0 Å². The van der Waals surface area contributed by atoms with Gasteiger partial charge in [-0.3, -0.25) is 9.82 Å². The van der Waals surface area contributed by atoms with E-state index in [1.165, 1.54) is 18.3 Å². The second-order valence-electron chi connectivity index (χ2n) is 4.00. The lowest BCUT2D eigenvalue weighted by molar-refractivity contribution is 0.305. The molecule has 1 aromatic heterocycles. The minimum Gasteiger partial charge on any atom is -0.395 e. The van der Waals surface area contributed by atoms with Crippen LogP contribution in [0, 0.1) is 11.8 Å². The smallest absolute Gasteiger partial charge is 0.278 e. The van der Waals surface area contributed by atoms with Gasteiger partial charge in [-0.25, -0.2) is 0 Å². The number of aliphatic hydroxyl groups is 1. The average Bonchev–Trinajstić information content (AvgIpc) is 2.97. The first-order valence-corrected chi connectivity index (χ1v) is 7.80. The third-order valence-electron chi connectivity index (χ3n) is 2.44. The predicted octanol–water partition coefficient (Wildman–Crippen LogP) is 1.60. The summed E-state index contributed by atoms with van der Waals surface area (Å²) in [4.78, 5) is 0. The quantitative estimate of drug-likeness (QED) is 0.744. The maximum Gasteiger partial charge on any atom is 0.278 e. The summed E-state index contributed by atoms with van der Waals surface area (Å²) in [6.45, 7) is -0.0279. The van der Waals surface area contributed by atoms with Crippen LogP contribution in [0.25, 0.3) is 0 Å². The Balaban J connectivity index is 2.28. The molecule has 0 fully saturated rings. The van der Waals surface area contributed by atoms with E-state index in [2.05, 4.69) is 26.8 Å². The molecule has 110 valence electrons. The lowest BCUT2D eigenvalue weighted by Crippen LogP contribution is -2.13. The monoisotopic (exact) mass is 325 g/mol. The number of hydrogen-bond donors (Lipinski definition) is 3. The van der Waals surface area contributed by atoms with E-state index in [1.54, 1.807) is 12.1 Å². The summed E-state index contributed by atoms with van der Waals surface area (Å²) in [6, 6.07) is 6.08. The molecule has 0 aliphatic rings. The molecule has 0 aliphatic heterocycles. The molecule has 0 saturated carbocycles. The summed E-state index contributed by atoms with van der Waals surface area (Å²) in [6.07, 6.45) is 1.69. The number of nitrogens with one attached hydrogen (secondary N) is 2. The minimum absolute atomic E-state index is 0.0279. The number of sulfonamides is 1. The Morgan fingerprint density at radius 2 is 2.19 bits per heavy atom. The van der Waals surface area contributed by atoms with Gasteiger partial charge in [0.2, 0.25) is 0 Å². The first-order valence-electron chi connectivity index (χ1n) is 5.94. The van der Waals surface area contributed by atoms with Crippen molar-refractivity contribution in [3.05, 3.63) is 41.0 Å². The van der Waals surface area contributed by atoms with Crippen molar-refractivity contribution in [2.24, 2.45) is 0 Å². The Hall–Kier alpha value is -2.01. The lowest BCUT2D eigenvalue weighted by Gasteiger charge is -2.08. The normalized spacial score (nSPS) is 10.8. The third kappa shape index (κ3) is 3.98. The molecule has 8 heteroatoms. The molecule has 0 atom stereocenters. The van der Waals surface area contributed by atoms with Crippen LogP contribution in [-0.2, 0) is 10.0 Å². The second-order valence-corrected chi connectivity index (χ2v) is 6.05. The number of aliphatic hydroxyl groups excluding tert-OH is 1. The van der Waals surface area contributed by atoms with E-state index in [4.69, 9.17) is 16.7 Å². The van der Waals surface area contributed by atoms with Crippen molar-refractivity contribution in [2.45, 2.75) is 11.4 Å². The zero-order chi connectivity index (χ0) is 15.3. The van der Waals surface area contributed by atoms with Crippen LogP contribution < -0.4 is 4.72 Å². The van der Waals surface area contributed by atoms with Gasteiger partial charge in [0, 0.05) is 12.0 Å². The summed E-state index contributed by atoms with van der Waals surface area (Å²) >= 11 is 5.98. The van der Waals surface area contributed by atoms with Gasteiger partial charge in [-0.2, -0.15) is 13.5 Å². The molecule has 1 heterocycles. The molecule has 0 saturated heterocycles. The summed E-state index contributed by atoms with van der Waals surface area (Å²) in [5.74, 6) is 5.56. The van der Waals surface area contributed by atoms with Gasteiger partial charge in [0.15, 0.2) is 5.03 Å². The number of aromatic amines is 1. The fourth-order valence-electron chi connectivity index (χ4n) is 1.49. The van der Waals surface area contributed by atoms with E-state index >= 15 is 0 Å². The lowest BCUT2D eigenvalue weighted by atomic mass is 10.2. The van der Waals surface area contributed by atoms with Crippen molar-refractivity contribution in [2.75, 3.05) is 11.3 Å². The largest absolute Gasteiger partial charge is 0.395 e. The molecular formula is C13H12ClN3O3S. The van der Waals surface area contributed by atoms with Gasteiger partial charge >= 0.3 is 0 Å². The van der Waals surface area contributed by atoms with Crippen LogP contribution in [-0.4, -0.2) is 30.3 Å². The van der Waals surface area contributed by atoms with Crippen LogP contribution >= 0.6 is 11.6 Å². The third-order valence-corrected chi connectivity index (χ3v) is 4.07. The molecule has 0 aliphatic carbocycles. The van der Waals surface area contributed by atoms with Gasteiger partial charge in [0.05, 0.1) is 23.5 Å². The molecular weight excluding hydrogens is 314 g/mol. The number of halogens is 1. The number of benzene rings is 1. The molecule has 21 heavy (non-hydrogen) atoms. The van der Waals surface area contributed by atoms with Gasteiger partial charge < -0.3 is 5.11 Å². The number of nitrogens with zero attached hydrogens (tertiary/aromatic N) is 1. The summed E-state index contributed by atoms with van der Waals surface area (Å²) in [7, 11) is -3.78. The number of rotatable bonds is 4. The Kier molecular flexibility index (Phi) is 4.85. The van der Waals surface area contributed by atoms with E-state index in [0.717, 1.165) is 0 Å². The van der Waals surface area contributed by atoms with E-state index in [1.807, 2.05) is 0 Å². The first-order chi connectivity index (χ1) is 10.0. The van der Waals surface area contributed by atoms with E-state index in [-0.39, 0.29) is 22.3 Å². The molecule has 0 bridgehead atoms. The number of H-pyrrole nitrogens is 1. The van der Waals surface area contributed by atoms with Crippen molar-refractivity contribution in [3.8, 4) is 11.8 Å². The Morgan fingerprint density at radius 3 is 2.86 bits per heavy atom. The Morgan fingerprint density at radius 1 is 1.38 bits per heavy atom. The van der Waals surface area contributed by atoms with E-state index < -0.39 is 10.0 Å². The molecule has 1 aromatic carbocycles. The zero-order valence-corrected chi connectivity index (χ0v) is 12.4. The van der Waals surface area contributed by atoms with Crippen molar-refractivity contribution in [3.63, 3.8) is 0 Å². The maximum atomic E-state index is 12.1. The fraction of sp³-hybridized carbons (Fsp3) is 0.154. The van der Waals surface area contributed by atoms with Crippen LogP contribution in [0.3, 0.4) is 0 Å². The topological polar surface area (TPSA) is 95.1 Å². The van der Waals surface area contributed by atoms with Gasteiger partial charge in [0.1, 0.15) is 0 Å². The van der Waals surface area contributed by atoms with E-state index in [0.29, 0.717) is 12.0 Å². The highest BCUT2D eigenvalue weighted by atomic mass is 35.5. The zero-order valence-electron chi connectivity index (χ0n) is 10.8. The second kappa shape index (κ2) is 6.63. The molecule has 0 radical (unpaired) electrons. The van der Waals surface area contributed by atoms with Crippen LogP contribution in [0.15, 0.2) is 35.5 Å². The maximum absolute atomic E-state index is 12.1. The summed E-state index contributed by atoms with van der Waals surface area (Å²) < 4.78 is 26.5. The highest BCUT2D eigenvalue weighted by Gasteiger charge is 2.17. The number of hydrogen-bond acceptors (Lipinski definition) is 4. The highest BCUT2D eigenvalue weighted by molar-refractivity contribution is 7.92. The molecule has 3 N–H and O–H groups in total. The van der Waals surface area contributed by atoms with Crippen LogP contribution in [0.4, 0.5) is 5.69 Å². The van der Waals surface area contributed by atoms with Gasteiger partial charge in [-0.1, -0.05) is 23.4 Å². The molecule has 2 rings (SSSR count). The number of anilines is 1. The molecule has 2 aromatic rings. The first kappa shape index (κ1) is 15.4. The van der Waals surface area contributed by atoms with Gasteiger partial charge in [-0.15, -0.1) is 0 Å². The molecule has 6 nitrogen and oxygen atoms in total. The Labute approximate surface area is 127 Å². The van der Waals surface area contributed by atoms with Crippen molar-refractivity contribution in [1.82, 2.24) is 10.2 Å². The predicted molar refractivity (Wildman–Crippen MR) is 79.4 cm³/mol. The Bertz CT molecular complexity index is 777. The van der Waals surface area contributed by atoms with Crippen molar-refractivity contribution in [1.29, 1.82) is 0 Å². The minimum atomic E-state index is -3.78. The number of aromatic nitrogens is 2. The highest BCUT2D eigenvalue weighted by Crippen LogP contribution is 2.25. The SMILES string of the molecule is O=S(=O)(Nc1cc(C#CCCO)ccc1Cl)c1ccn[nH]1. The van der Waals surface area contributed by atoms with E-state index in [9.17, 15) is 8.42 Å². The van der Waals surface area contributed by atoms with Crippen molar-refractivity contribution >= 4 is 27.3 Å². The molecule has 0 spiro atoms. The van der Waals surface area contributed by atoms with Crippen molar-refractivity contribution < 1.29 is 13.5 Å². The van der Waals surface area contributed by atoms with Crippen LogP contribution in [0.2, 0.25) is 5.02 Å². The fourth-order valence-corrected chi connectivity index (χ4v) is 2.70. The summed E-state index contributed by atoms with van der Waals surface area (Å²) in [5, 5.41) is 14.8. The summed E-state index contributed by atoms with van der Waals surface area (Å²) in [5.41, 5.74) is 0.817. The molecule has 0 amide bonds. The van der Waals surface area contributed by atoms with Crippen LogP contribution in [0.5, 0.6) is 0 Å². The van der Waals surface area contributed by atoms with Gasteiger partial charge in [-0.05, 0) is 24.3 Å².